The van der Waals surface area contributed by atoms with Gasteiger partial charge in [-0.3, -0.25) is 9.78 Å². The third-order valence-corrected chi connectivity index (χ3v) is 4.45. The van der Waals surface area contributed by atoms with E-state index in [1.807, 2.05) is 42.5 Å². The molecule has 2 aromatic carbocycles. The molecule has 3 aromatic rings. The summed E-state index contributed by atoms with van der Waals surface area (Å²) in [5.41, 5.74) is 7.09. The molecule has 0 aliphatic heterocycles. The second kappa shape index (κ2) is 7.63. The van der Waals surface area contributed by atoms with Crippen molar-refractivity contribution in [1.29, 1.82) is 0 Å². The predicted molar refractivity (Wildman–Crippen MR) is 102 cm³/mol. The van der Waals surface area contributed by atoms with Gasteiger partial charge in [-0.2, -0.15) is 0 Å². The van der Waals surface area contributed by atoms with Crippen LogP contribution in [-0.4, -0.2) is 24.5 Å². The highest BCUT2D eigenvalue weighted by atomic mass is 79.9. The van der Waals surface area contributed by atoms with Crippen molar-refractivity contribution in [3.8, 4) is 5.75 Å². The topological polar surface area (TPSA) is 77.2 Å². The van der Waals surface area contributed by atoms with Crippen LogP contribution >= 0.6 is 15.9 Å². The summed E-state index contributed by atoms with van der Waals surface area (Å²) in [6, 6.07) is 14.8. The molecule has 0 saturated carbocycles. The number of methoxy groups -OCH3 is 1. The summed E-state index contributed by atoms with van der Waals surface area (Å²) in [5.74, 6) is 0.457. The highest BCUT2D eigenvalue weighted by Gasteiger charge is 2.16. The van der Waals surface area contributed by atoms with Crippen LogP contribution in [-0.2, 0) is 0 Å². The van der Waals surface area contributed by atoms with Crippen LogP contribution in [0.5, 0.6) is 5.75 Å². The van der Waals surface area contributed by atoms with E-state index in [2.05, 4.69) is 26.2 Å². The number of benzene rings is 2. The summed E-state index contributed by atoms with van der Waals surface area (Å²) in [4.78, 5) is 16.9. The van der Waals surface area contributed by atoms with E-state index in [1.54, 1.807) is 19.4 Å². The number of nitrogens with zero attached hydrogens (tertiary/aromatic N) is 1. The van der Waals surface area contributed by atoms with Crippen LogP contribution in [0.4, 0.5) is 0 Å². The Hall–Kier alpha value is -2.44. The molecule has 0 aliphatic rings. The summed E-state index contributed by atoms with van der Waals surface area (Å²) in [5, 5.41) is 4.86. The molecule has 1 aromatic heterocycles. The highest BCUT2D eigenvalue weighted by molar-refractivity contribution is 9.10. The Kier molecular flexibility index (Phi) is 5.31. The largest absolute Gasteiger partial charge is 0.497 e. The second-order valence-corrected chi connectivity index (χ2v) is 6.52. The standard InChI is InChI=1S/C19H18BrN3O2/c1-25-16-4-2-3-12(8-16)18(10-21)23-19(24)17-9-14-7-15(20)6-5-13(14)11-22-17/h2-9,11,18H,10,21H2,1H3,(H,23,24). The van der Waals surface area contributed by atoms with Gasteiger partial charge in [0.2, 0.25) is 0 Å². The van der Waals surface area contributed by atoms with Gasteiger partial charge in [-0.15, -0.1) is 0 Å². The normalized spacial score (nSPS) is 12.0. The van der Waals surface area contributed by atoms with Gasteiger partial charge in [0.15, 0.2) is 0 Å². The van der Waals surface area contributed by atoms with Crippen LogP contribution in [0.25, 0.3) is 10.8 Å². The maximum Gasteiger partial charge on any atom is 0.270 e. The first-order valence-electron chi connectivity index (χ1n) is 7.81. The summed E-state index contributed by atoms with van der Waals surface area (Å²) < 4.78 is 6.18. The Balaban J connectivity index is 1.84. The van der Waals surface area contributed by atoms with Gasteiger partial charge in [0.1, 0.15) is 11.4 Å². The van der Waals surface area contributed by atoms with E-state index in [1.165, 1.54) is 0 Å². The van der Waals surface area contributed by atoms with E-state index in [0.717, 1.165) is 26.6 Å². The maximum absolute atomic E-state index is 12.6. The molecule has 0 saturated heterocycles. The van der Waals surface area contributed by atoms with Gasteiger partial charge < -0.3 is 15.8 Å². The molecule has 3 N–H and O–H groups in total. The molecule has 0 spiro atoms. The Bertz CT molecular complexity index is 914. The predicted octanol–water partition coefficient (Wildman–Crippen LogP) is 3.44. The quantitative estimate of drug-likeness (QED) is 0.688. The molecular formula is C19H18BrN3O2. The van der Waals surface area contributed by atoms with Crippen molar-refractivity contribution in [1.82, 2.24) is 10.3 Å². The lowest BCUT2D eigenvalue weighted by atomic mass is 10.1. The third kappa shape index (κ3) is 3.97. The number of hydrogen-bond acceptors (Lipinski definition) is 4. The Morgan fingerprint density at radius 2 is 2.08 bits per heavy atom. The molecule has 0 aliphatic carbocycles. The van der Waals surface area contributed by atoms with Crippen LogP contribution in [0.3, 0.4) is 0 Å². The molecule has 25 heavy (non-hydrogen) atoms. The molecule has 1 amide bonds. The summed E-state index contributed by atoms with van der Waals surface area (Å²) in [7, 11) is 1.60. The number of hydrogen-bond donors (Lipinski definition) is 2. The molecule has 128 valence electrons. The average Bonchev–Trinajstić information content (AvgIpc) is 2.65. The number of ether oxygens (including phenoxy) is 1. The number of halogens is 1. The lowest BCUT2D eigenvalue weighted by molar-refractivity contribution is 0.0933. The first kappa shape index (κ1) is 17.4. The summed E-state index contributed by atoms with van der Waals surface area (Å²) in [6.45, 7) is 0.276. The average molecular weight is 400 g/mol. The highest BCUT2D eigenvalue weighted by Crippen LogP contribution is 2.21. The lowest BCUT2D eigenvalue weighted by Gasteiger charge is -2.18. The zero-order chi connectivity index (χ0) is 17.8. The second-order valence-electron chi connectivity index (χ2n) is 5.60. The van der Waals surface area contributed by atoms with Crippen molar-refractivity contribution < 1.29 is 9.53 Å². The minimum Gasteiger partial charge on any atom is -0.497 e. The van der Waals surface area contributed by atoms with E-state index in [9.17, 15) is 4.79 Å². The molecule has 0 bridgehead atoms. The van der Waals surface area contributed by atoms with Crippen molar-refractivity contribution in [3.63, 3.8) is 0 Å². The Morgan fingerprint density at radius 1 is 1.24 bits per heavy atom. The number of rotatable bonds is 5. The van der Waals surface area contributed by atoms with Crippen molar-refractivity contribution >= 4 is 32.6 Å². The first-order chi connectivity index (χ1) is 12.1. The van der Waals surface area contributed by atoms with E-state index in [4.69, 9.17) is 10.5 Å². The molecule has 6 heteroatoms. The monoisotopic (exact) mass is 399 g/mol. The molecule has 1 atom stereocenters. The zero-order valence-electron chi connectivity index (χ0n) is 13.7. The zero-order valence-corrected chi connectivity index (χ0v) is 15.3. The number of carbonyl (C=O) groups excluding carboxylic acids is 1. The number of fused-ring (bicyclic) bond motifs is 1. The van der Waals surface area contributed by atoms with Crippen molar-refractivity contribution in [3.05, 3.63) is 70.5 Å². The Labute approximate surface area is 154 Å². The van der Waals surface area contributed by atoms with Gasteiger partial charge in [0, 0.05) is 22.6 Å². The molecule has 1 unspecified atom stereocenters. The van der Waals surface area contributed by atoms with Gasteiger partial charge in [-0.05, 0) is 41.3 Å². The van der Waals surface area contributed by atoms with Crippen LogP contribution in [0, 0.1) is 0 Å². The Morgan fingerprint density at radius 3 is 2.84 bits per heavy atom. The minimum absolute atomic E-state index is 0.264. The van der Waals surface area contributed by atoms with E-state index in [0.29, 0.717) is 5.69 Å². The summed E-state index contributed by atoms with van der Waals surface area (Å²) in [6.07, 6.45) is 1.69. The van der Waals surface area contributed by atoms with Gasteiger partial charge in [0.25, 0.3) is 5.91 Å². The van der Waals surface area contributed by atoms with Gasteiger partial charge >= 0.3 is 0 Å². The van der Waals surface area contributed by atoms with Crippen LogP contribution in [0.2, 0.25) is 0 Å². The van der Waals surface area contributed by atoms with E-state index >= 15 is 0 Å². The number of amides is 1. The molecule has 1 heterocycles. The number of pyridine rings is 1. The van der Waals surface area contributed by atoms with Crippen LogP contribution in [0.15, 0.2) is 59.2 Å². The van der Waals surface area contributed by atoms with Gasteiger partial charge in [-0.1, -0.05) is 34.1 Å². The maximum atomic E-state index is 12.6. The molecule has 0 fully saturated rings. The van der Waals surface area contributed by atoms with Crippen molar-refractivity contribution in [2.45, 2.75) is 6.04 Å². The molecule has 0 radical (unpaired) electrons. The van der Waals surface area contributed by atoms with Crippen molar-refractivity contribution in [2.75, 3.05) is 13.7 Å². The molecule has 3 rings (SSSR count). The molecule has 5 nitrogen and oxygen atoms in total. The third-order valence-electron chi connectivity index (χ3n) is 3.95. The number of nitrogens with one attached hydrogen (secondary N) is 1. The number of nitrogens with two attached hydrogens (primary N) is 1. The fraction of sp³-hybridized carbons (Fsp3) is 0.158. The SMILES string of the molecule is COc1cccc(C(CN)NC(=O)c2cc3cc(Br)ccc3cn2)c1. The van der Waals surface area contributed by atoms with E-state index in [-0.39, 0.29) is 18.5 Å². The number of aromatic nitrogens is 1. The fourth-order valence-electron chi connectivity index (χ4n) is 2.60. The van der Waals surface area contributed by atoms with Crippen LogP contribution < -0.4 is 15.8 Å². The van der Waals surface area contributed by atoms with E-state index < -0.39 is 0 Å². The summed E-state index contributed by atoms with van der Waals surface area (Å²) >= 11 is 3.44. The smallest absolute Gasteiger partial charge is 0.270 e. The number of carbonyl (C=O) groups is 1. The van der Waals surface area contributed by atoms with Crippen molar-refractivity contribution in [2.24, 2.45) is 5.73 Å². The fourth-order valence-corrected chi connectivity index (χ4v) is 2.98. The van der Waals surface area contributed by atoms with Crippen LogP contribution in [0.1, 0.15) is 22.1 Å². The first-order valence-corrected chi connectivity index (χ1v) is 8.60. The van der Waals surface area contributed by atoms with Gasteiger partial charge in [0.05, 0.1) is 13.2 Å². The molecular weight excluding hydrogens is 382 g/mol. The lowest BCUT2D eigenvalue weighted by Crippen LogP contribution is -2.33. The minimum atomic E-state index is -0.317. The van der Waals surface area contributed by atoms with Gasteiger partial charge in [-0.25, -0.2) is 0 Å².